The van der Waals surface area contributed by atoms with Crippen LogP contribution in [0.2, 0.25) is 0 Å². The zero-order chi connectivity index (χ0) is 18.9. The van der Waals surface area contributed by atoms with Gasteiger partial charge in [-0.1, -0.05) is 63.2 Å². The van der Waals surface area contributed by atoms with Gasteiger partial charge in [0.05, 0.1) is 17.0 Å². The number of hydrogen-bond acceptors (Lipinski definition) is 2. The van der Waals surface area contributed by atoms with E-state index < -0.39 is 11.4 Å². The number of benzene rings is 2. The predicted molar refractivity (Wildman–Crippen MR) is 101 cm³/mol. The number of carbonyl (C=O) groups is 1. The molecule has 1 aromatic heterocycles. The number of aromatic nitrogens is 1. The molecule has 3 nitrogen and oxygen atoms in total. The average Bonchev–Trinajstić information content (AvgIpc) is 2.61. The molecule has 132 valence electrons. The normalized spacial score (nSPS) is 11.4. The number of pyridine rings is 1. The van der Waals surface area contributed by atoms with Crippen molar-refractivity contribution in [2.24, 2.45) is 0 Å². The van der Waals surface area contributed by atoms with Crippen molar-refractivity contribution in [2.45, 2.75) is 26.2 Å². The van der Waals surface area contributed by atoms with Crippen LogP contribution in [0, 0.1) is 5.82 Å². The van der Waals surface area contributed by atoms with Gasteiger partial charge in [-0.3, -0.25) is 4.98 Å². The smallest absolute Gasteiger partial charge is 0.338 e. The first-order chi connectivity index (χ1) is 12.3. The molecule has 0 saturated heterocycles. The Hall–Kier alpha value is -3.01. The van der Waals surface area contributed by atoms with Crippen LogP contribution in [0.1, 0.15) is 36.8 Å². The van der Waals surface area contributed by atoms with Crippen molar-refractivity contribution in [1.82, 2.24) is 4.98 Å². The quantitative estimate of drug-likeness (QED) is 0.674. The molecule has 3 aromatic rings. The zero-order valence-electron chi connectivity index (χ0n) is 15.0. The maximum atomic E-state index is 13.3. The van der Waals surface area contributed by atoms with E-state index in [1.807, 2.05) is 51.1 Å². The van der Waals surface area contributed by atoms with Gasteiger partial charge in [0.1, 0.15) is 5.82 Å². The van der Waals surface area contributed by atoms with Crippen molar-refractivity contribution >= 4 is 5.97 Å². The van der Waals surface area contributed by atoms with E-state index in [0.717, 1.165) is 5.56 Å². The van der Waals surface area contributed by atoms with Crippen LogP contribution in [-0.4, -0.2) is 16.1 Å². The van der Waals surface area contributed by atoms with E-state index in [-0.39, 0.29) is 11.4 Å². The summed E-state index contributed by atoms with van der Waals surface area (Å²) >= 11 is 0. The first kappa shape index (κ1) is 17.8. The van der Waals surface area contributed by atoms with Gasteiger partial charge in [-0.15, -0.1) is 0 Å². The molecule has 0 aliphatic rings. The SMILES string of the molecule is CC(C)(C)c1nc(-c2ccccc2)cc(-c2ccc(F)cc2)c1C(=O)O. The van der Waals surface area contributed by atoms with Gasteiger partial charge in [-0.2, -0.15) is 0 Å². The molecule has 0 saturated carbocycles. The van der Waals surface area contributed by atoms with Crippen LogP contribution in [0.3, 0.4) is 0 Å². The lowest BCUT2D eigenvalue weighted by Crippen LogP contribution is -2.20. The standard InChI is InChI=1S/C22H20FNO2/c1-22(2,3)20-19(21(25)26)17(14-9-11-16(23)12-10-14)13-18(24-20)15-7-5-4-6-8-15/h4-13H,1-3H3,(H,25,26). The first-order valence-corrected chi connectivity index (χ1v) is 8.37. The van der Waals surface area contributed by atoms with Crippen LogP contribution in [0.15, 0.2) is 60.7 Å². The van der Waals surface area contributed by atoms with E-state index in [0.29, 0.717) is 22.5 Å². The van der Waals surface area contributed by atoms with E-state index in [1.54, 1.807) is 18.2 Å². The first-order valence-electron chi connectivity index (χ1n) is 8.37. The molecule has 0 aliphatic heterocycles. The minimum atomic E-state index is -1.04. The lowest BCUT2D eigenvalue weighted by molar-refractivity contribution is 0.0694. The van der Waals surface area contributed by atoms with Gasteiger partial charge in [-0.25, -0.2) is 9.18 Å². The lowest BCUT2D eigenvalue weighted by Gasteiger charge is -2.23. The van der Waals surface area contributed by atoms with E-state index in [4.69, 9.17) is 0 Å². The van der Waals surface area contributed by atoms with Gasteiger partial charge in [0.2, 0.25) is 0 Å². The summed E-state index contributed by atoms with van der Waals surface area (Å²) in [5.74, 6) is -1.40. The highest BCUT2D eigenvalue weighted by molar-refractivity contribution is 5.98. The molecule has 0 unspecified atom stereocenters. The van der Waals surface area contributed by atoms with Crippen molar-refractivity contribution < 1.29 is 14.3 Å². The fourth-order valence-corrected chi connectivity index (χ4v) is 2.92. The summed E-state index contributed by atoms with van der Waals surface area (Å²) in [5, 5.41) is 9.87. The maximum Gasteiger partial charge on any atom is 0.338 e. The third kappa shape index (κ3) is 3.49. The Bertz CT molecular complexity index is 942. The van der Waals surface area contributed by atoms with Crippen LogP contribution < -0.4 is 0 Å². The van der Waals surface area contributed by atoms with Gasteiger partial charge in [0, 0.05) is 16.5 Å². The van der Waals surface area contributed by atoms with Crippen molar-refractivity contribution in [3.05, 3.63) is 77.7 Å². The van der Waals surface area contributed by atoms with E-state index >= 15 is 0 Å². The van der Waals surface area contributed by atoms with Crippen LogP contribution in [0.5, 0.6) is 0 Å². The molecule has 0 aliphatic carbocycles. The van der Waals surface area contributed by atoms with Gasteiger partial charge >= 0.3 is 5.97 Å². The fourth-order valence-electron chi connectivity index (χ4n) is 2.92. The Morgan fingerprint density at radius 2 is 1.58 bits per heavy atom. The van der Waals surface area contributed by atoms with Crippen LogP contribution >= 0.6 is 0 Å². The number of aromatic carboxylic acids is 1. The summed E-state index contributed by atoms with van der Waals surface area (Å²) in [6.07, 6.45) is 0. The summed E-state index contributed by atoms with van der Waals surface area (Å²) in [6.45, 7) is 5.81. The molecule has 1 heterocycles. The molecule has 0 amide bonds. The average molecular weight is 349 g/mol. The molecule has 0 spiro atoms. The molecule has 0 fully saturated rings. The molecule has 0 radical (unpaired) electrons. The number of nitrogens with zero attached hydrogens (tertiary/aromatic N) is 1. The fraction of sp³-hybridized carbons (Fsp3) is 0.182. The van der Waals surface area contributed by atoms with E-state index in [2.05, 4.69) is 4.98 Å². The zero-order valence-corrected chi connectivity index (χ0v) is 15.0. The summed E-state index contributed by atoms with van der Waals surface area (Å²) in [6, 6.07) is 17.2. The second-order valence-corrected chi connectivity index (χ2v) is 7.21. The largest absolute Gasteiger partial charge is 0.478 e. The van der Waals surface area contributed by atoms with Crippen LogP contribution in [-0.2, 0) is 5.41 Å². The Morgan fingerprint density at radius 3 is 2.12 bits per heavy atom. The second kappa shape index (κ2) is 6.71. The van der Waals surface area contributed by atoms with Crippen LogP contribution in [0.25, 0.3) is 22.4 Å². The highest BCUT2D eigenvalue weighted by atomic mass is 19.1. The highest BCUT2D eigenvalue weighted by Crippen LogP contribution is 2.35. The van der Waals surface area contributed by atoms with Crippen LogP contribution in [0.4, 0.5) is 4.39 Å². The maximum absolute atomic E-state index is 13.3. The summed E-state index contributed by atoms with van der Waals surface area (Å²) < 4.78 is 13.3. The third-order valence-corrected chi connectivity index (χ3v) is 4.17. The molecule has 1 N–H and O–H groups in total. The van der Waals surface area contributed by atoms with Gasteiger partial charge in [0.15, 0.2) is 0 Å². The Labute approximate surface area is 152 Å². The topological polar surface area (TPSA) is 50.2 Å². The minimum Gasteiger partial charge on any atom is -0.478 e. The summed E-state index contributed by atoms with van der Waals surface area (Å²) in [7, 11) is 0. The van der Waals surface area contributed by atoms with Crippen molar-refractivity contribution in [3.63, 3.8) is 0 Å². The van der Waals surface area contributed by atoms with E-state index in [1.165, 1.54) is 12.1 Å². The minimum absolute atomic E-state index is 0.156. The molecule has 0 bridgehead atoms. The van der Waals surface area contributed by atoms with Crippen molar-refractivity contribution in [1.29, 1.82) is 0 Å². The molecule has 2 aromatic carbocycles. The Balaban J connectivity index is 2.36. The third-order valence-electron chi connectivity index (χ3n) is 4.17. The number of carboxylic acid groups (broad SMARTS) is 1. The van der Waals surface area contributed by atoms with Gasteiger partial charge in [0.25, 0.3) is 0 Å². The number of carboxylic acids is 1. The van der Waals surface area contributed by atoms with Gasteiger partial charge < -0.3 is 5.11 Å². The number of halogens is 1. The highest BCUT2D eigenvalue weighted by Gasteiger charge is 2.28. The lowest BCUT2D eigenvalue weighted by atomic mass is 9.84. The molecular weight excluding hydrogens is 329 g/mol. The molecule has 3 rings (SSSR count). The second-order valence-electron chi connectivity index (χ2n) is 7.21. The Morgan fingerprint density at radius 1 is 0.962 bits per heavy atom. The summed E-state index contributed by atoms with van der Waals surface area (Å²) in [5.41, 5.74) is 2.98. The van der Waals surface area contributed by atoms with Crippen molar-refractivity contribution in [2.75, 3.05) is 0 Å². The number of hydrogen-bond donors (Lipinski definition) is 1. The molecule has 4 heteroatoms. The Kier molecular flexibility index (Phi) is 4.60. The molecule has 0 atom stereocenters. The van der Waals surface area contributed by atoms with E-state index in [9.17, 15) is 14.3 Å². The monoisotopic (exact) mass is 349 g/mol. The van der Waals surface area contributed by atoms with Gasteiger partial charge in [-0.05, 0) is 23.8 Å². The molecular formula is C22H20FNO2. The predicted octanol–water partition coefficient (Wildman–Crippen LogP) is 5.55. The van der Waals surface area contributed by atoms with Crippen molar-refractivity contribution in [3.8, 4) is 22.4 Å². The molecule has 26 heavy (non-hydrogen) atoms. The number of rotatable bonds is 3. The summed E-state index contributed by atoms with van der Waals surface area (Å²) in [4.78, 5) is 16.7.